The highest BCUT2D eigenvalue weighted by molar-refractivity contribution is 7.87. The summed E-state index contributed by atoms with van der Waals surface area (Å²) >= 11 is 0. The van der Waals surface area contributed by atoms with Crippen LogP contribution in [0.25, 0.3) is 0 Å². The fourth-order valence-electron chi connectivity index (χ4n) is 0.982. The van der Waals surface area contributed by atoms with E-state index in [-0.39, 0.29) is 0 Å². The highest BCUT2D eigenvalue weighted by atomic mass is 32.2. The number of ether oxygens (including phenoxy) is 1. The van der Waals surface area contributed by atoms with Crippen LogP contribution < -0.4 is 10.0 Å². The molecule has 0 aliphatic carbocycles. The molecule has 0 bridgehead atoms. The molecule has 0 saturated carbocycles. The summed E-state index contributed by atoms with van der Waals surface area (Å²) in [4.78, 5) is 0. The molecule has 15 heavy (non-hydrogen) atoms. The zero-order valence-corrected chi connectivity index (χ0v) is 10.4. The van der Waals surface area contributed by atoms with E-state index in [1.807, 2.05) is 7.05 Å². The Morgan fingerprint density at radius 3 is 2.53 bits per heavy atom. The molecular weight excluding hydrogens is 218 g/mol. The average Bonchev–Trinajstić information content (AvgIpc) is 2.18. The lowest BCUT2D eigenvalue weighted by Gasteiger charge is -2.17. The summed E-state index contributed by atoms with van der Waals surface area (Å²) in [6.45, 7) is 1.99. The van der Waals surface area contributed by atoms with Gasteiger partial charge >= 0.3 is 0 Å². The van der Waals surface area contributed by atoms with E-state index < -0.39 is 10.2 Å². The SMILES string of the molecule is CNCCCN(C)S(=O)(=O)NCCOC. The predicted molar refractivity (Wildman–Crippen MR) is 60.0 cm³/mol. The number of nitrogens with zero attached hydrogens (tertiary/aromatic N) is 1. The van der Waals surface area contributed by atoms with Gasteiger partial charge in [0.1, 0.15) is 0 Å². The third-order valence-electron chi connectivity index (χ3n) is 1.90. The van der Waals surface area contributed by atoms with Crippen LogP contribution in [0.5, 0.6) is 0 Å². The molecule has 0 atom stereocenters. The standard InChI is InChI=1S/C8H21N3O3S/c1-9-5-4-7-11(2)15(12,13)10-6-8-14-3/h9-10H,4-8H2,1-3H3. The van der Waals surface area contributed by atoms with Gasteiger partial charge in [-0.05, 0) is 20.0 Å². The second-order valence-corrected chi connectivity index (χ2v) is 5.03. The molecule has 0 aromatic heterocycles. The van der Waals surface area contributed by atoms with Gasteiger partial charge in [0, 0.05) is 27.2 Å². The molecule has 0 aliphatic heterocycles. The summed E-state index contributed by atoms with van der Waals surface area (Å²) in [5.41, 5.74) is 0. The highest BCUT2D eigenvalue weighted by Gasteiger charge is 2.15. The molecule has 0 aromatic rings. The van der Waals surface area contributed by atoms with Crippen LogP contribution in [0.15, 0.2) is 0 Å². The summed E-state index contributed by atoms with van der Waals surface area (Å²) in [5.74, 6) is 0. The molecule has 0 saturated heterocycles. The first-order valence-electron chi connectivity index (χ1n) is 4.89. The van der Waals surface area contributed by atoms with Gasteiger partial charge in [0.2, 0.25) is 0 Å². The Balaban J connectivity index is 3.86. The van der Waals surface area contributed by atoms with Crippen LogP contribution in [0.3, 0.4) is 0 Å². The van der Waals surface area contributed by atoms with E-state index >= 15 is 0 Å². The van der Waals surface area contributed by atoms with Crippen molar-refractivity contribution in [2.45, 2.75) is 6.42 Å². The third-order valence-corrected chi connectivity index (χ3v) is 3.47. The van der Waals surface area contributed by atoms with Crippen LogP contribution in [0.2, 0.25) is 0 Å². The second kappa shape index (κ2) is 8.00. The largest absolute Gasteiger partial charge is 0.383 e. The van der Waals surface area contributed by atoms with Crippen LogP contribution in [0.4, 0.5) is 0 Å². The molecule has 0 fully saturated rings. The Bertz CT molecular complexity index is 244. The molecule has 0 heterocycles. The van der Waals surface area contributed by atoms with E-state index in [1.165, 1.54) is 11.4 Å². The van der Waals surface area contributed by atoms with Crippen molar-refractivity contribution >= 4 is 10.2 Å². The molecule has 2 N–H and O–H groups in total. The zero-order chi connectivity index (χ0) is 11.7. The maximum Gasteiger partial charge on any atom is 0.279 e. The Morgan fingerprint density at radius 1 is 1.33 bits per heavy atom. The van der Waals surface area contributed by atoms with Gasteiger partial charge in [-0.15, -0.1) is 0 Å². The average molecular weight is 239 g/mol. The van der Waals surface area contributed by atoms with Crippen molar-refractivity contribution in [2.24, 2.45) is 0 Å². The normalized spacial score (nSPS) is 12.3. The van der Waals surface area contributed by atoms with Crippen molar-refractivity contribution in [2.75, 3.05) is 47.4 Å². The number of rotatable bonds is 9. The maximum atomic E-state index is 11.5. The van der Waals surface area contributed by atoms with Gasteiger partial charge in [-0.25, -0.2) is 0 Å². The minimum atomic E-state index is -3.34. The lowest BCUT2D eigenvalue weighted by Crippen LogP contribution is -2.40. The molecule has 0 radical (unpaired) electrons. The Kier molecular flexibility index (Phi) is 7.89. The number of methoxy groups -OCH3 is 1. The van der Waals surface area contributed by atoms with Crippen LogP contribution in [-0.2, 0) is 14.9 Å². The van der Waals surface area contributed by atoms with Crippen LogP contribution in [-0.4, -0.2) is 60.2 Å². The molecule has 0 amide bonds. The van der Waals surface area contributed by atoms with Gasteiger partial charge < -0.3 is 10.1 Å². The van der Waals surface area contributed by atoms with Gasteiger partial charge in [0.15, 0.2) is 0 Å². The monoisotopic (exact) mass is 239 g/mol. The molecule has 7 heteroatoms. The lowest BCUT2D eigenvalue weighted by atomic mass is 10.4. The van der Waals surface area contributed by atoms with E-state index in [0.717, 1.165) is 13.0 Å². The lowest BCUT2D eigenvalue weighted by molar-refractivity contribution is 0.204. The van der Waals surface area contributed by atoms with Crippen LogP contribution >= 0.6 is 0 Å². The van der Waals surface area contributed by atoms with Crippen molar-refractivity contribution < 1.29 is 13.2 Å². The summed E-state index contributed by atoms with van der Waals surface area (Å²) in [5, 5.41) is 2.96. The first-order chi connectivity index (χ1) is 7.04. The highest BCUT2D eigenvalue weighted by Crippen LogP contribution is 1.94. The molecule has 0 aliphatic rings. The van der Waals surface area contributed by atoms with E-state index in [9.17, 15) is 8.42 Å². The molecule has 6 nitrogen and oxygen atoms in total. The molecule has 0 aromatic carbocycles. The quantitative estimate of drug-likeness (QED) is 0.507. The van der Waals surface area contributed by atoms with E-state index in [0.29, 0.717) is 19.7 Å². The van der Waals surface area contributed by atoms with Gasteiger partial charge in [0.05, 0.1) is 6.61 Å². The molecule has 0 spiro atoms. The molecule has 92 valence electrons. The van der Waals surface area contributed by atoms with Crippen molar-refractivity contribution in [1.29, 1.82) is 0 Å². The first kappa shape index (κ1) is 14.8. The fourth-order valence-corrected chi connectivity index (χ4v) is 1.91. The minimum absolute atomic E-state index is 0.301. The van der Waals surface area contributed by atoms with Gasteiger partial charge in [-0.2, -0.15) is 17.4 Å². The van der Waals surface area contributed by atoms with Crippen molar-refractivity contribution in [3.05, 3.63) is 0 Å². The summed E-state index contributed by atoms with van der Waals surface area (Å²) in [6.07, 6.45) is 0.790. The van der Waals surface area contributed by atoms with Crippen molar-refractivity contribution in [1.82, 2.24) is 14.3 Å². The van der Waals surface area contributed by atoms with Crippen LogP contribution in [0.1, 0.15) is 6.42 Å². The smallest absolute Gasteiger partial charge is 0.279 e. The second-order valence-electron chi connectivity index (χ2n) is 3.17. The summed E-state index contributed by atoms with van der Waals surface area (Å²) < 4.78 is 31.6. The topological polar surface area (TPSA) is 70.7 Å². The number of hydrogen-bond donors (Lipinski definition) is 2. The predicted octanol–water partition coefficient (Wildman–Crippen LogP) is -0.991. The first-order valence-corrected chi connectivity index (χ1v) is 6.33. The molecule has 0 rings (SSSR count). The molecular formula is C8H21N3O3S. The Labute approximate surface area is 92.2 Å². The number of hydrogen-bond acceptors (Lipinski definition) is 4. The summed E-state index contributed by atoms with van der Waals surface area (Å²) in [7, 11) is 1.59. The van der Waals surface area contributed by atoms with Crippen molar-refractivity contribution in [3.8, 4) is 0 Å². The van der Waals surface area contributed by atoms with Gasteiger partial charge in [-0.1, -0.05) is 0 Å². The zero-order valence-electron chi connectivity index (χ0n) is 9.62. The fraction of sp³-hybridized carbons (Fsp3) is 1.00. The number of nitrogens with one attached hydrogen (secondary N) is 2. The van der Waals surface area contributed by atoms with E-state index in [4.69, 9.17) is 4.74 Å². The Hall–Kier alpha value is -0.210. The molecule has 0 unspecified atom stereocenters. The maximum absolute atomic E-state index is 11.5. The van der Waals surface area contributed by atoms with Gasteiger partial charge in [-0.3, -0.25) is 0 Å². The Morgan fingerprint density at radius 2 is 2.00 bits per heavy atom. The van der Waals surface area contributed by atoms with E-state index in [2.05, 4.69) is 10.0 Å². The van der Waals surface area contributed by atoms with Gasteiger partial charge in [0.25, 0.3) is 10.2 Å². The third kappa shape index (κ3) is 6.80. The van der Waals surface area contributed by atoms with E-state index in [1.54, 1.807) is 7.05 Å². The van der Waals surface area contributed by atoms with Crippen molar-refractivity contribution in [3.63, 3.8) is 0 Å². The summed E-state index contributed by atoms with van der Waals surface area (Å²) in [6, 6.07) is 0. The van der Waals surface area contributed by atoms with Crippen LogP contribution in [0, 0.1) is 0 Å². The minimum Gasteiger partial charge on any atom is -0.383 e.